The molecule has 0 bridgehead atoms. The van der Waals surface area contributed by atoms with Crippen LogP contribution in [0.4, 0.5) is 13.2 Å². The highest BCUT2D eigenvalue weighted by atomic mass is 19.4. The molecule has 0 spiro atoms. The molecule has 0 aliphatic heterocycles. The largest absolute Gasteiger partial charge is 0.401 e. The third kappa shape index (κ3) is 5.01. The molecule has 0 aliphatic carbocycles. The van der Waals surface area contributed by atoms with Crippen LogP contribution in [0.25, 0.3) is 0 Å². The second-order valence-electron chi connectivity index (χ2n) is 4.06. The molecule has 1 heterocycles. The van der Waals surface area contributed by atoms with Crippen molar-refractivity contribution in [1.82, 2.24) is 15.2 Å². The van der Waals surface area contributed by atoms with Gasteiger partial charge in [-0.1, -0.05) is 13.0 Å². The maximum absolute atomic E-state index is 12.4. The number of hydrogen-bond donors (Lipinski definition) is 1. The summed E-state index contributed by atoms with van der Waals surface area (Å²) in [5.41, 5.74) is 1.62. The quantitative estimate of drug-likeness (QED) is 0.850. The molecule has 18 heavy (non-hydrogen) atoms. The first-order valence-corrected chi connectivity index (χ1v) is 5.82. The Labute approximate surface area is 105 Å². The lowest BCUT2D eigenvalue weighted by Crippen LogP contribution is -2.34. The van der Waals surface area contributed by atoms with Crippen LogP contribution in [0.3, 0.4) is 0 Å². The molecule has 1 aromatic heterocycles. The van der Waals surface area contributed by atoms with Crippen molar-refractivity contribution in [2.24, 2.45) is 0 Å². The molecule has 1 rings (SSSR count). The van der Waals surface area contributed by atoms with Crippen LogP contribution >= 0.6 is 0 Å². The van der Waals surface area contributed by atoms with Gasteiger partial charge in [-0.2, -0.15) is 13.2 Å². The van der Waals surface area contributed by atoms with Crippen LogP contribution in [0.2, 0.25) is 0 Å². The molecule has 1 aromatic rings. The molecule has 0 aromatic carbocycles. The Hall–Kier alpha value is -1.14. The predicted octanol–water partition coefficient (Wildman–Crippen LogP) is 2.19. The zero-order valence-electron chi connectivity index (χ0n) is 10.6. The van der Waals surface area contributed by atoms with Crippen molar-refractivity contribution in [2.45, 2.75) is 26.2 Å². The average Bonchev–Trinajstić information content (AvgIpc) is 2.29. The molecule has 1 N–H and O–H groups in total. The minimum Gasteiger partial charge on any atom is -0.316 e. The summed E-state index contributed by atoms with van der Waals surface area (Å²) < 4.78 is 37.1. The van der Waals surface area contributed by atoms with Crippen molar-refractivity contribution in [3.8, 4) is 0 Å². The maximum atomic E-state index is 12.4. The van der Waals surface area contributed by atoms with Gasteiger partial charge in [0.05, 0.1) is 12.2 Å². The molecule has 3 nitrogen and oxygen atoms in total. The maximum Gasteiger partial charge on any atom is 0.401 e. The first kappa shape index (κ1) is 14.9. The highest BCUT2D eigenvalue weighted by Gasteiger charge is 2.30. The number of hydrogen-bond acceptors (Lipinski definition) is 3. The minimum absolute atomic E-state index is 0.216. The summed E-state index contributed by atoms with van der Waals surface area (Å²) in [6.07, 6.45) is -2.57. The second kappa shape index (κ2) is 6.70. The van der Waals surface area contributed by atoms with Gasteiger partial charge < -0.3 is 5.32 Å². The Bertz CT molecular complexity index is 366. The third-order valence-corrected chi connectivity index (χ3v) is 2.58. The number of nitrogens with one attached hydrogen (secondary N) is 1. The van der Waals surface area contributed by atoms with Crippen LogP contribution in [0, 0.1) is 0 Å². The van der Waals surface area contributed by atoms with Gasteiger partial charge in [-0.05, 0) is 25.2 Å². The van der Waals surface area contributed by atoms with E-state index in [0.717, 1.165) is 5.56 Å². The Morgan fingerprint density at radius 1 is 1.39 bits per heavy atom. The lowest BCUT2D eigenvalue weighted by Gasteiger charge is -2.22. The molecule has 6 heteroatoms. The van der Waals surface area contributed by atoms with Crippen molar-refractivity contribution in [3.05, 3.63) is 29.6 Å². The SMILES string of the molecule is CCN(Cc1ncccc1CNC)CC(F)(F)F. The van der Waals surface area contributed by atoms with Crippen molar-refractivity contribution >= 4 is 0 Å². The molecule has 0 saturated carbocycles. The fraction of sp³-hybridized carbons (Fsp3) is 0.583. The highest BCUT2D eigenvalue weighted by molar-refractivity contribution is 5.19. The predicted molar refractivity (Wildman–Crippen MR) is 64.0 cm³/mol. The molecule has 0 fully saturated rings. The monoisotopic (exact) mass is 261 g/mol. The van der Waals surface area contributed by atoms with Crippen LogP contribution in [0.1, 0.15) is 18.2 Å². The van der Waals surface area contributed by atoms with Gasteiger partial charge in [-0.25, -0.2) is 0 Å². The van der Waals surface area contributed by atoms with Crippen LogP contribution in [0.15, 0.2) is 18.3 Å². The minimum atomic E-state index is -4.17. The third-order valence-electron chi connectivity index (χ3n) is 2.58. The lowest BCUT2D eigenvalue weighted by atomic mass is 10.2. The molecular formula is C12H18F3N3. The normalized spacial score (nSPS) is 12.1. The zero-order valence-corrected chi connectivity index (χ0v) is 10.6. The van der Waals surface area contributed by atoms with Gasteiger partial charge in [0.15, 0.2) is 0 Å². The van der Waals surface area contributed by atoms with E-state index in [1.807, 2.05) is 6.07 Å². The van der Waals surface area contributed by atoms with E-state index in [1.54, 1.807) is 26.2 Å². The lowest BCUT2D eigenvalue weighted by molar-refractivity contribution is -0.146. The number of halogens is 3. The number of nitrogens with zero attached hydrogens (tertiary/aromatic N) is 2. The van der Waals surface area contributed by atoms with Gasteiger partial charge in [-0.15, -0.1) is 0 Å². The molecule has 0 unspecified atom stereocenters. The van der Waals surface area contributed by atoms with Gasteiger partial charge in [0.1, 0.15) is 0 Å². The van der Waals surface area contributed by atoms with Gasteiger partial charge >= 0.3 is 6.18 Å². The van der Waals surface area contributed by atoms with Crippen LogP contribution < -0.4 is 5.32 Å². The van der Waals surface area contributed by atoms with E-state index in [-0.39, 0.29) is 6.54 Å². The first-order valence-electron chi connectivity index (χ1n) is 5.82. The summed E-state index contributed by atoms with van der Waals surface area (Å²) in [5, 5.41) is 2.98. The van der Waals surface area contributed by atoms with Gasteiger partial charge in [-0.3, -0.25) is 9.88 Å². The van der Waals surface area contributed by atoms with E-state index in [0.29, 0.717) is 18.8 Å². The Balaban J connectivity index is 2.75. The van der Waals surface area contributed by atoms with Crippen molar-refractivity contribution < 1.29 is 13.2 Å². The summed E-state index contributed by atoms with van der Waals surface area (Å²) >= 11 is 0. The van der Waals surface area contributed by atoms with Gasteiger partial charge in [0.2, 0.25) is 0 Å². The summed E-state index contributed by atoms with van der Waals surface area (Å²) in [4.78, 5) is 5.50. The summed E-state index contributed by atoms with van der Waals surface area (Å²) in [5.74, 6) is 0. The van der Waals surface area contributed by atoms with E-state index >= 15 is 0 Å². The smallest absolute Gasteiger partial charge is 0.316 e. The molecule has 102 valence electrons. The fourth-order valence-electron chi connectivity index (χ4n) is 1.71. The van der Waals surface area contributed by atoms with E-state index in [1.165, 1.54) is 4.90 Å². The van der Waals surface area contributed by atoms with E-state index < -0.39 is 12.7 Å². The second-order valence-corrected chi connectivity index (χ2v) is 4.06. The van der Waals surface area contributed by atoms with Crippen molar-refractivity contribution in [1.29, 1.82) is 0 Å². The van der Waals surface area contributed by atoms with Crippen LogP contribution in [0.5, 0.6) is 0 Å². The van der Waals surface area contributed by atoms with Crippen LogP contribution in [-0.2, 0) is 13.1 Å². The number of rotatable bonds is 6. The standard InChI is InChI=1S/C12H18F3N3/c1-3-18(9-12(13,14)15)8-11-10(7-16-2)5-4-6-17-11/h4-6,16H,3,7-9H2,1-2H3. The number of pyridine rings is 1. The topological polar surface area (TPSA) is 28.2 Å². The van der Waals surface area contributed by atoms with Gasteiger partial charge in [0.25, 0.3) is 0 Å². The summed E-state index contributed by atoms with van der Waals surface area (Å²) in [7, 11) is 1.80. The molecule has 0 radical (unpaired) electrons. The van der Waals surface area contributed by atoms with Crippen molar-refractivity contribution in [3.63, 3.8) is 0 Å². The Morgan fingerprint density at radius 3 is 2.67 bits per heavy atom. The molecule has 0 aliphatic rings. The average molecular weight is 261 g/mol. The number of alkyl halides is 3. The van der Waals surface area contributed by atoms with E-state index in [2.05, 4.69) is 10.3 Å². The molecule has 0 saturated heterocycles. The Kier molecular flexibility index (Phi) is 5.55. The summed E-state index contributed by atoms with van der Waals surface area (Å²) in [6.45, 7) is 1.97. The highest BCUT2D eigenvalue weighted by Crippen LogP contribution is 2.18. The number of aromatic nitrogens is 1. The van der Waals surface area contributed by atoms with Crippen LogP contribution in [-0.4, -0.2) is 36.2 Å². The van der Waals surface area contributed by atoms with Crippen molar-refractivity contribution in [2.75, 3.05) is 20.1 Å². The first-order chi connectivity index (χ1) is 8.46. The molecule has 0 amide bonds. The molecule has 0 atom stereocenters. The molecular weight excluding hydrogens is 243 g/mol. The van der Waals surface area contributed by atoms with E-state index in [4.69, 9.17) is 0 Å². The summed E-state index contributed by atoms with van der Waals surface area (Å²) in [6, 6.07) is 3.66. The van der Waals surface area contributed by atoms with Gasteiger partial charge in [0, 0.05) is 19.3 Å². The van der Waals surface area contributed by atoms with E-state index in [9.17, 15) is 13.2 Å². The fourth-order valence-corrected chi connectivity index (χ4v) is 1.71. The zero-order chi connectivity index (χ0) is 13.6. The Morgan fingerprint density at radius 2 is 2.11 bits per heavy atom.